The van der Waals surface area contributed by atoms with Crippen LogP contribution in [0, 0.1) is 0 Å². The zero-order valence-electron chi connectivity index (χ0n) is 11.7. The molecule has 4 nitrogen and oxygen atoms in total. The Hall–Kier alpha value is -1.04. The lowest BCUT2D eigenvalue weighted by atomic mass is 10.2. The normalized spacial score (nSPS) is 10.0. The summed E-state index contributed by atoms with van der Waals surface area (Å²) in [6.07, 6.45) is 3.10. The van der Waals surface area contributed by atoms with Gasteiger partial charge in [-0.3, -0.25) is 4.79 Å². The van der Waals surface area contributed by atoms with Crippen LogP contribution < -0.4 is 10.6 Å². The summed E-state index contributed by atoms with van der Waals surface area (Å²) in [5.41, 5.74) is 0.601. The van der Waals surface area contributed by atoms with Gasteiger partial charge in [-0.05, 0) is 37.2 Å². The van der Waals surface area contributed by atoms with Crippen molar-refractivity contribution in [2.24, 2.45) is 0 Å². The van der Waals surface area contributed by atoms with Gasteiger partial charge in [0.05, 0.1) is 22.8 Å². The lowest BCUT2D eigenvalue weighted by Crippen LogP contribution is -2.29. The molecule has 0 heterocycles. The first-order valence-corrected chi connectivity index (χ1v) is 7.76. The maximum atomic E-state index is 10.9. The van der Waals surface area contributed by atoms with Crippen molar-refractivity contribution in [2.75, 3.05) is 19.0 Å². The van der Waals surface area contributed by atoms with Crippen molar-refractivity contribution in [1.29, 1.82) is 0 Å². The molecule has 1 aromatic rings. The number of unbranched alkanes of at least 4 members (excludes halogenated alkanes) is 2. The van der Waals surface area contributed by atoms with Crippen molar-refractivity contribution in [3.63, 3.8) is 0 Å². The highest BCUT2D eigenvalue weighted by molar-refractivity contribution is 7.80. The number of ether oxygens (including phenoxy) is 1. The largest absolute Gasteiger partial charge is 0.469 e. The van der Waals surface area contributed by atoms with E-state index in [0.29, 0.717) is 27.3 Å². The number of benzene rings is 1. The third-order valence-corrected chi connectivity index (χ3v) is 3.65. The van der Waals surface area contributed by atoms with Gasteiger partial charge in [-0.25, -0.2) is 0 Å². The molecule has 1 rings (SSSR count). The van der Waals surface area contributed by atoms with Crippen LogP contribution in [0.15, 0.2) is 18.2 Å². The molecule has 7 heteroatoms. The molecule has 0 amide bonds. The van der Waals surface area contributed by atoms with Crippen LogP contribution in [0.5, 0.6) is 0 Å². The number of rotatable bonds is 7. The number of carbonyl (C=O) groups excluding carboxylic acids is 1. The Balaban J connectivity index is 2.21. The molecule has 1 aromatic carbocycles. The number of hydrogen-bond acceptors (Lipinski definition) is 3. The summed E-state index contributed by atoms with van der Waals surface area (Å²) in [4.78, 5) is 10.9. The number of hydrogen-bond donors (Lipinski definition) is 2. The highest BCUT2D eigenvalue weighted by atomic mass is 35.5. The van der Waals surface area contributed by atoms with E-state index in [0.717, 1.165) is 25.8 Å². The quantitative estimate of drug-likeness (QED) is 0.442. The van der Waals surface area contributed by atoms with Gasteiger partial charge in [0.1, 0.15) is 0 Å². The van der Waals surface area contributed by atoms with Gasteiger partial charge in [0, 0.05) is 13.0 Å². The molecule has 0 radical (unpaired) electrons. The molecule has 0 unspecified atom stereocenters. The summed E-state index contributed by atoms with van der Waals surface area (Å²) in [5, 5.41) is 7.56. The molecule has 0 fully saturated rings. The van der Waals surface area contributed by atoms with Gasteiger partial charge in [0.2, 0.25) is 0 Å². The molecule has 2 N–H and O–H groups in total. The summed E-state index contributed by atoms with van der Waals surface area (Å²) in [5.74, 6) is -0.173. The monoisotopic (exact) mass is 348 g/mol. The highest BCUT2D eigenvalue weighted by Gasteiger charge is 2.06. The van der Waals surface area contributed by atoms with Crippen LogP contribution in [-0.4, -0.2) is 24.7 Å². The van der Waals surface area contributed by atoms with Crippen molar-refractivity contribution in [1.82, 2.24) is 5.32 Å². The number of nitrogens with one attached hydrogen (secondary N) is 2. The second-order valence-corrected chi connectivity index (χ2v) is 5.59. The molecular weight excluding hydrogens is 331 g/mol. The maximum absolute atomic E-state index is 10.9. The van der Waals surface area contributed by atoms with E-state index in [1.165, 1.54) is 7.11 Å². The zero-order chi connectivity index (χ0) is 15.7. The zero-order valence-corrected chi connectivity index (χ0v) is 14.1. The van der Waals surface area contributed by atoms with Crippen molar-refractivity contribution in [3.8, 4) is 0 Å². The summed E-state index contributed by atoms with van der Waals surface area (Å²) in [6, 6.07) is 5.25. The first-order valence-electron chi connectivity index (χ1n) is 6.60. The molecule has 0 spiro atoms. The fourth-order valence-electron chi connectivity index (χ4n) is 1.65. The van der Waals surface area contributed by atoms with Crippen LogP contribution in [0.4, 0.5) is 5.69 Å². The van der Waals surface area contributed by atoms with E-state index in [1.54, 1.807) is 18.2 Å². The second kappa shape index (κ2) is 9.82. The van der Waals surface area contributed by atoms with Crippen LogP contribution in [0.2, 0.25) is 10.0 Å². The molecule has 0 aliphatic carbocycles. The number of anilines is 1. The Morgan fingerprint density at radius 2 is 1.90 bits per heavy atom. The summed E-state index contributed by atoms with van der Waals surface area (Å²) in [6.45, 7) is 0.717. The van der Waals surface area contributed by atoms with E-state index in [9.17, 15) is 4.79 Å². The minimum Gasteiger partial charge on any atom is -0.469 e. The van der Waals surface area contributed by atoms with Crippen molar-refractivity contribution in [3.05, 3.63) is 28.2 Å². The van der Waals surface area contributed by atoms with Gasteiger partial charge in [0.25, 0.3) is 0 Å². The molecule has 0 saturated carbocycles. The maximum Gasteiger partial charge on any atom is 0.305 e. The predicted octanol–water partition coefficient (Wildman–Crippen LogP) is 4.01. The minimum atomic E-state index is -0.173. The van der Waals surface area contributed by atoms with E-state index in [2.05, 4.69) is 15.4 Å². The Morgan fingerprint density at radius 1 is 1.24 bits per heavy atom. The standard InChI is InChI=1S/C14H18Cl2N2O2S/c1-20-12(19)8-3-2-4-9-17-14(21)18-13-10(15)6-5-7-11(13)16/h5-7H,2-4,8-9H2,1H3,(H2,17,18,21). The summed E-state index contributed by atoms with van der Waals surface area (Å²) >= 11 is 17.3. The van der Waals surface area contributed by atoms with E-state index in [4.69, 9.17) is 35.4 Å². The molecule has 0 saturated heterocycles. The molecule has 0 atom stereocenters. The average Bonchev–Trinajstić information content (AvgIpc) is 2.46. The lowest BCUT2D eigenvalue weighted by Gasteiger charge is -2.12. The molecule has 0 aliphatic heterocycles. The lowest BCUT2D eigenvalue weighted by molar-refractivity contribution is -0.140. The molecule has 21 heavy (non-hydrogen) atoms. The number of methoxy groups -OCH3 is 1. The highest BCUT2D eigenvalue weighted by Crippen LogP contribution is 2.29. The summed E-state index contributed by atoms with van der Waals surface area (Å²) in [7, 11) is 1.40. The fourth-order valence-corrected chi connectivity index (χ4v) is 2.35. The number of halogens is 2. The molecule has 0 bridgehead atoms. The average molecular weight is 349 g/mol. The molecule has 0 aromatic heterocycles. The van der Waals surface area contributed by atoms with Crippen LogP contribution in [0.1, 0.15) is 25.7 Å². The van der Waals surface area contributed by atoms with E-state index in [-0.39, 0.29) is 5.97 Å². The Kier molecular flexibility index (Phi) is 8.42. The summed E-state index contributed by atoms with van der Waals surface area (Å²) < 4.78 is 4.57. The predicted molar refractivity (Wildman–Crippen MR) is 91.2 cm³/mol. The number of para-hydroxylation sites is 1. The van der Waals surface area contributed by atoms with Gasteiger partial charge in [-0.1, -0.05) is 35.7 Å². The Morgan fingerprint density at radius 3 is 2.52 bits per heavy atom. The number of carbonyl (C=O) groups is 1. The van der Waals surface area contributed by atoms with E-state index >= 15 is 0 Å². The third kappa shape index (κ3) is 6.98. The van der Waals surface area contributed by atoms with Crippen molar-refractivity contribution in [2.45, 2.75) is 25.7 Å². The van der Waals surface area contributed by atoms with Gasteiger partial charge < -0.3 is 15.4 Å². The first kappa shape index (κ1) is 18.0. The number of esters is 1. The van der Waals surface area contributed by atoms with Gasteiger partial charge in [-0.15, -0.1) is 0 Å². The molecule has 0 aliphatic rings. The molecular formula is C14H18Cl2N2O2S. The fraction of sp³-hybridized carbons (Fsp3) is 0.429. The van der Waals surface area contributed by atoms with Crippen molar-refractivity contribution >= 4 is 52.2 Å². The Labute approximate surface area is 140 Å². The van der Waals surface area contributed by atoms with Gasteiger partial charge in [0.15, 0.2) is 5.11 Å². The van der Waals surface area contributed by atoms with E-state index in [1.807, 2.05) is 0 Å². The molecule has 116 valence electrons. The second-order valence-electron chi connectivity index (χ2n) is 4.36. The van der Waals surface area contributed by atoms with Crippen LogP contribution in [0.25, 0.3) is 0 Å². The Bertz CT molecular complexity index is 478. The van der Waals surface area contributed by atoms with Gasteiger partial charge in [-0.2, -0.15) is 0 Å². The van der Waals surface area contributed by atoms with Crippen LogP contribution >= 0.6 is 35.4 Å². The first-order chi connectivity index (χ1) is 10.0. The third-order valence-electron chi connectivity index (χ3n) is 2.77. The number of thiocarbonyl (C=S) groups is 1. The topological polar surface area (TPSA) is 50.4 Å². The smallest absolute Gasteiger partial charge is 0.305 e. The van der Waals surface area contributed by atoms with Crippen molar-refractivity contribution < 1.29 is 9.53 Å². The van der Waals surface area contributed by atoms with Gasteiger partial charge >= 0.3 is 5.97 Å². The minimum absolute atomic E-state index is 0.173. The van der Waals surface area contributed by atoms with E-state index < -0.39 is 0 Å². The van der Waals surface area contributed by atoms with Crippen LogP contribution in [-0.2, 0) is 9.53 Å². The van der Waals surface area contributed by atoms with Crippen LogP contribution in [0.3, 0.4) is 0 Å². The SMILES string of the molecule is COC(=O)CCCCCNC(=S)Nc1c(Cl)cccc1Cl.